The fourth-order valence-electron chi connectivity index (χ4n) is 1.37. The van der Waals surface area contributed by atoms with E-state index in [1.165, 1.54) is 0 Å². The third kappa shape index (κ3) is 4.66. The molecule has 0 heterocycles. The number of anilines is 1. The fraction of sp³-hybridized carbons (Fsp3) is 0.462. The summed E-state index contributed by atoms with van der Waals surface area (Å²) >= 11 is 3.42. The summed E-state index contributed by atoms with van der Waals surface area (Å²) in [5, 5.41) is 12.0. The average molecular weight is 315 g/mol. The van der Waals surface area contributed by atoms with Crippen molar-refractivity contribution in [3.63, 3.8) is 0 Å². The van der Waals surface area contributed by atoms with E-state index in [9.17, 15) is 9.90 Å². The Labute approximate surface area is 116 Å². The molecule has 0 aliphatic carbocycles. The number of hydrogen-bond acceptors (Lipinski definition) is 2. The summed E-state index contributed by atoms with van der Waals surface area (Å²) in [6.07, 6.45) is 0.176. The lowest BCUT2D eigenvalue weighted by atomic mass is 10.2. The molecule has 0 radical (unpaired) electrons. The van der Waals surface area contributed by atoms with Crippen LogP contribution in [0.4, 0.5) is 10.5 Å². The summed E-state index contributed by atoms with van der Waals surface area (Å²) in [7, 11) is 1.71. The highest BCUT2D eigenvalue weighted by molar-refractivity contribution is 9.10. The fourth-order valence-corrected chi connectivity index (χ4v) is 1.75. The van der Waals surface area contributed by atoms with Crippen LogP contribution in [0.15, 0.2) is 22.7 Å². The number of urea groups is 1. The highest BCUT2D eigenvalue weighted by atomic mass is 79.9. The van der Waals surface area contributed by atoms with Gasteiger partial charge in [0, 0.05) is 23.8 Å². The number of halogens is 1. The van der Waals surface area contributed by atoms with Gasteiger partial charge in [0.15, 0.2) is 0 Å². The van der Waals surface area contributed by atoms with Crippen LogP contribution < -0.4 is 5.32 Å². The second-order valence-corrected chi connectivity index (χ2v) is 5.31. The van der Waals surface area contributed by atoms with Crippen LogP contribution >= 0.6 is 15.9 Å². The number of aliphatic hydroxyl groups is 1. The first-order valence-electron chi connectivity index (χ1n) is 5.86. The van der Waals surface area contributed by atoms with Crippen LogP contribution in [0.3, 0.4) is 0 Å². The highest BCUT2D eigenvalue weighted by Gasteiger charge is 2.10. The summed E-state index contributed by atoms with van der Waals surface area (Å²) in [6.45, 7) is 4.23. The molecule has 0 saturated heterocycles. The lowest BCUT2D eigenvalue weighted by Gasteiger charge is -2.18. The first kappa shape index (κ1) is 15.0. The van der Waals surface area contributed by atoms with Gasteiger partial charge in [0.2, 0.25) is 0 Å². The SMILES string of the molecule is Cc1ccc(NC(=O)N(C)CCC(C)O)cc1Br. The van der Waals surface area contributed by atoms with E-state index in [1.54, 1.807) is 18.9 Å². The summed E-state index contributed by atoms with van der Waals surface area (Å²) in [5.41, 5.74) is 1.87. The van der Waals surface area contributed by atoms with Gasteiger partial charge in [-0.05, 0) is 38.0 Å². The first-order chi connectivity index (χ1) is 8.40. The Morgan fingerprint density at radius 3 is 2.78 bits per heavy atom. The average Bonchev–Trinajstić information content (AvgIpc) is 2.30. The number of carbonyl (C=O) groups is 1. The molecule has 5 heteroatoms. The Hall–Kier alpha value is -1.07. The Morgan fingerprint density at radius 2 is 2.22 bits per heavy atom. The van der Waals surface area contributed by atoms with Gasteiger partial charge in [-0.1, -0.05) is 22.0 Å². The van der Waals surface area contributed by atoms with Crippen molar-refractivity contribution in [1.82, 2.24) is 4.90 Å². The number of nitrogens with zero attached hydrogens (tertiary/aromatic N) is 1. The molecule has 1 rings (SSSR count). The Kier molecular flexibility index (Phi) is 5.62. The van der Waals surface area contributed by atoms with Gasteiger partial charge in [0.25, 0.3) is 0 Å². The van der Waals surface area contributed by atoms with Crippen molar-refractivity contribution in [1.29, 1.82) is 0 Å². The third-order valence-corrected chi connectivity index (χ3v) is 3.51. The zero-order valence-electron chi connectivity index (χ0n) is 10.9. The van der Waals surface area contributed by atoms with Gasteiger partial charge in [-0.25, -0.2) is 4.79 Å². The minimum Gasteiger partial charge on any atom is -0.393 e. The van der Waals surface area contributed by atoms with E-state index in [1.807, 2.05) is 25.1 Å². The van der Waals surface area contributed by atoms with Gasteiger partial charge in [-0.3, -0.25) is 0 Å². The molecule has 0 aromatic heterocycles. The van der Waals surface area contributed by atoms with Gasteiger partial charge in [0.1, 0.15) is 0 Å². The summed E-state index contributed by atoms with van der Waals surface area (Å²) in [6, 6.07) is 5.50. The Balaban J connectivity index is 2.55. The molecule has 100 valence electrons. The van der Waals surface area contributed by atoms with E-state index in [4.69, 9.17) is 0 Å². The van der Waals surface area contributed by atoms with Gasteiger partial charge < -0.3 is 15.3 Å². The Morgan fingerprint density at radius 1 is 1.56 bits per heavy atom. The smallest absolute Gasteiger partial charge is 0.321 e. The molecule has 2 amide bonds. The third-order valence-electron chi connectivity index (χ3n) is 2.65. The molecule has 2 N–H and O–H groups in total. The predicted molar refractivity (Wildman–Crippen MR) is 76.8 cm³/mol. The Bertz CT molecular complexity index is 421. The van der Waals surface area contributed by atoms with Crippen LogP contribution in [-0.4, -0.2) is 35.7 Å². The van der Waals surface area contributed by atoms with Gasteiger partial charge in [-0.15, -0.1) is 0 Å². The van der Waals surface area contributed by atoms with Crippen molar-refractivity contribution in [3.05, 3.63) is 28.2 Å². The molecule has 0 saturated carbocycles. The van der Waals surface area contributed by atoms with Crippen LogP contribution in [0.2, 0.25) is 0 Å². The van der Waals surface area contributed by atoms with Crippen molar-refractivity contribution in [2.75, 3.05) is 18.9 Å². The molecule has 1 aromatic carbocycles. The lowest BCUT2D eigenvalue weighted by molar-refractivity contribution is 0.167. The number of hydrogen-bond donors (Lipinski definition) is 2. The maximum absolute atomic E-state index is 11.8. The number of rotatable bonds is 4. The van der Waals surface area contributed by atoms with Crippen molar-refractivity contribution in [2.45, 2.75) is 26.4 Å². The predicted octanol–water partition coefficient (Wildman–Crippen LogP) is 2.99. The number of carbonyl (C=O) groups excluding carboxylic acids is 1. The van der Waals surface area contributed by atoms with Crippen molar-refractivity contribution in [2.24, 2.45) is 0 Å². The largest absolute Gasteiger partial charge is 0.393 e. The van der Waals surface area contributed by atoms with E-state index in [2.05, 4.69) is 21.2 Å². The quantitative estimate of drug-likeness (QED) is 0.897. The van der Waals surface area contributed by atoms with Crippen LogP contribution in [0.1, 0.15) is 18.9 Å². The zero-order chi connectivity index (χ0) is 13.7. The second kappa shape index (κ2) is 6.75. The summed E-state index contributed by atoms with van der Waals surface area (Å²) < 4.78 is 0.965. The number of amides is 2. The zero-order valence-corrected chi connectivity index (χ0v) is 12.5. The second-order valence-electron chi connectivity index (χ2n) is 4.45. The molecule has 4 nitrogen and oxygen atoms in total. The maximum Gasteiger partial charge on any atom is 0.321 e. The van der Waals surface area contributed by atoms with E-state index in [0.29, 0.717) is 13.0 Å². The van der Waals surface area contributed by atoms with Gasteiger partial charge >= 0.3 is 6.03 Å². The molecule has 18 heavy (non-hydrogen) atoms. The molecule has 0 aliphatic heterocycles. The van der Waals surface area contributed by atoms with Crippen LogP contribution in [-0.2, 0) is 0 Å². The van der Waals surface area contributed by atoms with Crippen LogP contribution in [0.25, 0.3) is 0 Å². The molecular weight excluding hydrogens is 296 g/mol. The maximum atomic E-state index is 11.8. The lowest BCUT2D eigenvalue weighted by Crippen LogP contribution is -2.33. The molecule has 1 atom stereocenters. The van der Waals surface area contributed by atoms with Crippen molar-refractivity contribution < 1.29 is 9.90 Å². The van der Waals surface area contributed by atoms with Crippen LogP contribution in [0, 0.1) is 6.92 Å². The number of benzene rings is 1. The molecule has 0 fully saturated rings. The van der Waals surface area contributed by atoms with Crippen molar-refractivity contribution >= 4 is 27.6 Å². The minimum atomic E-state index is -0.395. The molecule has 1 unspecified atom stereocenters. The standard InChI is InChI=1S/C13H19BrN2O2/c1-9-4-5-11(8-12(9)14)15-13(18)16(3)7-6-10(2)17/h4-5,8,10,17H,6-7H2,1-3H3,(H,15,18). The number of nitrogens with one attached hydrogen (secondary N) is 1. The van der Waals surface area contributed by atoms with E-state index in [-0.39, 0.29) is 6.03 Å². The summed E-state index contributed by atoms with van der Waals surface area (Å²) in [5.74, 6) is 0. The molecule has 0 aliphatic rings. The molecular formula is C13H19BrN2O2. The summed E-state index contributed by atoms with van der Waals surface area (Å²) in [4.78, 5) is 13.4. The van der Waals surface area contributed by atoms with Crippen molar-refractivity contribution in [3.8, 4) is 0 Å². The van der Waals surface area contributed by atoms with Gasteiger partial charge in [-0.2, -0.15) is 0 Å². The molecule has 1 aromatic rings. The van der Waals surface area contributed by atoms with E-state index < -0.39 is 6.10 Å². The monoisotopic (exact) mass is 314 g/mol. The first-order valence-corrected chi connectivity index (χ1v) is 6.65. The van der Waals surface area contributed by atoms with Gasteiger partial charge in [0.05, 0.1) is 6.10 Å². The normalized spacial score (nSPS) is 12.1. The minimum absolute atomic E-state index is 0.175. The highest BCUT2D eigenvalue weighted by Crippen LogP contribution is 2.20. The number of aliphatic hydroxyl groups excluding tert-OH is 1. The topological polar surface area (TPSA) is 52.6 Å². The number of aryl methyl sites for hydroxylation is 1. The van der Waals surface area contributed by atoms with Crippen LogP contribution in [0.5, 0.6) is 0 Å². The van der Waals surface area contributed by atoms with E-state index >= 15 is 0 Å². The molecule has 0 bridgehead atoms. The van der Waals surface area contributed by atoms with E-state index in [0.717, 1.165) is 15.7 Å². The molecule has 0 spiro atoms.